The van der Waals surface area contributed by atoms with E-state index < -0.39 is 11.6 Å². The summed E-state index contributed by atoms with van der Waals surface area (Å²) in [5.74, 6) is 0.938. The summed E-state index contributed by atoms with van der Waals surface area (Å²) >= 11 is 0. The number of hydrogen-bond donors (Lipinski definition) is 1. The lowest BCUT2D eigenvalue weighted by Crippen LogP contribution is -2.43. The fourth-order valence-electron chi connectivity index (χ4n) is 3.83. The van der Waals surface area contributed by atoms with Crippen LogP contribution in [-0.2, 0) is 16.1 Å². The molecule has 2 atom stereocenters. The van der Waals surface area contributed by atoms with E-state index in [0.717, 1.165) is 4.90 Å². The summed E-state index contributed by atoms with van der Waals surface area (Å²) in [6, 6.07) is 5.56. The molecule has 5 rings (SSSR count). The molecule has 3 amide bonds. The van der Waals surface area contributed by atoms with Crippen molar-refractivity contribution in [3.8, 4) is 11.8 Å². The van der Waals surface area contributed by atoms with Crippen LogP contribution in [0.15, 0.2) is 30.6 Å². The van der Waals surface area contributed by atoms with E-state index in [1.807, 2.05) is 25.1 Å². The Bertz CT molecular complexity index is 989. The lowest BCUT2D eigenvalue weighted by molar-refractivity contribution is -0.121. The quantitative estimate of drug-likeness (QED) is 0.781. The molecule has 0 radical (unpaired) electrons. The van der Waals surface area contributed by atoms with Crippen LogP contribution in [0, 0.1) is 5.92 Å². The van der Waals surface area contributed by atoms with Crippen molar-refractivity contribution in [2.45, 2.75) is 51.4 Å². The van der Waals surface area contributed by atoms with Gasteiger partial charge < -0.3 is 14.8 Å². The Kier molecular flexibility index (Phi) is 4.06. The highest BCUT2D eigenvalue weighted by atomic mass is 16.5. The highest BCUT2D eigenvalue weighted by Gasteiger charge is 2.47. The first-order valence-electron chi connectivity index (χ1n) is 9.89. The fourth-order valence-corrected chi connectivity index (χ4v) is 3.83. The van der Waals surface area contributed by atoms with Gasteiger partial charge >= 0.3 is 12.0 Å². The van der Waals surface area contributed by atoms with Crippen molar-refractivity contribution >= 4 is 17.6 Å². The second-order valence-corrected chi connectivity index (χ2v) is 8.01. The first-order valence-corrected chi connectivity index (χ1v) is 9.89. The zero-order chi connectivity index (χ0) is 20.2. The summed E-state index contributed by atoms with van der Waals surface area (Å²) in [4.78, 5) is 34.3. The molecule has 150 valence electrons. The molecule has 2 fully saturated rings. The number of rotatable bonds is 5. The molecule has 0 bridgehead atoms. The molecule has 8 nitrogen and oxygen atoms in total. The molecular weight excluding hydrogens is 372 g/mol. The lowest BCUT2D eigenvalue weighted by atomic mass is 9.99. The maximum Gasteiger partial charge on any atom is 0.329 e. The topological polar surface area (TPSA) is 93.7 Å². The van der Waals surface area contributed by atoms with Gasteiger partial charge in [0, 0.05) is 0 Å². The summed E-state index contributed by atoms with van der Waals surface area (Å²) < 4.78 is 11.7. The van der Waals surface area contributed by atoms with Gasteiger partial charge in [0.25, 0.3) is 5.91 Å². The summed E-state index contributed by atoms with van der Waals surface area (Å²) in [6.07, 6.45) is 5.92. The molecule has 8 heteroatoms. The van der Waals surface area contributed by atoms with Crippen LogP contribution in [0.25, 0.3) is 0 Å². The molecule has 1 aromatic heterocycles. The predicted molar refractivity (Wildman–Crippen MR) is 104 cm³/mol. The van der Waals surface area contributed by atoms with E-state index >= 15 is 0 Å². The zero-order valence-electron chi connectivity index (χ0n) is 16.3. The molecule has 1 saturated heterocycles. The van der Waals surface area contributed by atoms with Crippen LogP contribution >= 0.6 is 0 Å². The first-order chi connectivity index (χ1) is 14.0. The SMILES string of the molecule is CC[C@@]1(C)NC(=O)N(c2cnc(Oc3ccc4c(c3)C(C3CC3)OC4)nc2)C1=O. The number of anilines is 1. The van der Waals surface area contributed by atoms with Crippen LogP contribution in [0.2, 0.25) is 0 Å². The number of hydrogen-bond acceptors (Lipinski definition) is 6. The van der Waals surface area contributed by atoms with Crippen molar-refractivity contribution in [2.75, 3.05) is 4.90 Å². The normalized spacial score (nSPS) is 25.9. The molecule has 0 spiro atoms. The van der Waals surface area contributed by atoms with Gasteiger partial charge in [-0.15, -0.1) is 0 Å². The molecule has 1 N–H and O–H groups in total. The molecule has 1 saturated carbocycles. The van der Waals surface area contributed by atoms with Gasteiger partial charge in [-0.2, -0.15) is 0 Å². The number of benzene rings is 1. The molecular formula is C21H22N4O4. The van der Waals surface area contributed by atoms with E-state index in [-0.39, 0.29) is 18.0 Å². The van der Waals surface area contributed by atoms with Gasteiger partial charge in [0.1, 0.15) is 11.3 Å². The molecule has 2 aliphatic heterocycles. The number of aromatic nitrogens is 2. The lowest BCUT2D eigenvalue weighted by Gasteiger charge is -2.19. The van der Waals surface area contributed by atoms with E-state index in [2.05, 4.69) is 15.3 Å². The van der Waals surface area contributed by atoms with Gasteiger partial charge in [-0.05, 0) is 55.4 Å². The second-order valence-electron chi connectivity index (χ2n) is 8.01. The molecule has 2 aromatic rings. The van der Waals surface area contributed by atoms with Crippen LogP contribution in [0.5, 0.6) is 11.8 Å². The van der Waals surface area contributed by atoms with Crippen molar-refractivity contribution in [1.82, 2.24) is 15.3 Å². The monoisotopic (exact) mass is 394 g/mol. The van der Waals surface area contributed by atoms with Crippen molar-refractivity contribution < 1.29 is 19.1 Å². The summed E-state index contributed by atoms with van der Waals surface area (Å²) in [5, 5.41) is 2.71. The summed E-state index contributed by atoms with van der Waals surface area (Å²) in [7, 11) is 0. The van der Waals surface area contributed by atoms with Gasteiger partial charge in [-0.25, -0.2) is 19.7 Å². The van der Waals surface area contributed by atoms with E-state index in [1.54, 1.807) is 6.92 Å². The maximum absolute atomic E-state index is 12.6. The predicted octanol–water partition coefficient (Wildman–Crippen LogP) is 3.48. The third kappa shape index (κ3) is 3.04. The molecule has 1 unspecified atom stereocenters. The minimum Gasteiger partial charge on any atom is -0.424 e. The van der Waals surface area contributed by atoms with Gasteiger partial charge in [0.15, 0.2) is 0 Å². The van der Waals surface area contributed by atoms with Crippen LogP contribution in [-0.4, -0.2) is 27.4 Å². The number of nitrogens with one attached hydrogen (secondary N) is 1. The van der Waals surface area contributed by atoms with Crippen molar-refractivity contribution in [3.05, 3.63) is 41.7 Å². The fraction of sp³-hybridized carbons (Fsp3) is 0.429. The number of urea groups is 1. The third-order valence-corrected chi connectivity index (χ3v) is 5.94. The molecule has 3 aliphatic rings. The smallest absolute Gasteiger partial charge is 0.329 e. The van der Waals surface area contributed by atoms with E-state index in [1.165, 1.54) is 36.4 Å². The van der Waals surface area contributed by atoms with Gasteiger partial charge in [0.05, 0.1) is 30.8 Å². The number of fused-ring (bicyclic) bond motifs is 1. The maximum atomic E-state index is 12.6. The van der Waals surface area contributed by atoms with Crippen molar-refractivity contribution in [2.24, 2.45) is 5.92 Å². The number of nitrogens with zero attached hydrogens (tertiary/aromatic N) is 3. The largest absolute Gasteiger partial charge is 0.424 e. The molecule has 1 aromatic carbocycles. The second kappa shape index (κ2) is 6.52. The number of amides is 3. The number of carbonyl (C=O) groups excluding carboxylic acids is 2. The zero-order valence-corrected chi connectivity index (χ0v) is 16.3. The Labute approximate surface area is 168 Å². The Morgan fingerprint density at radius 1 is 1.28 bits per heavy atom. The highest BCUT2D eigenvalue weighted by molar-refractivity contribution is 6.23. The third-order valence-electron chi connectivity index (χ3n) is 5.94. The summed E-state index contributed by atoms with van der Waals surface area (Å²) in [6.45, 7) is 4.20. The Hall–Kier alpha value is -3.00. The standard InChI is InChI=1S/C21H22N4O4/c1-3-21(2)18(26)25(20(27)24-21)14-9-22-19(23-10-14)29-15-7-6-13-11-28-17(12-4-5-12)16(13)8-15/h6-10,12,17H,3-5,11H2,1-2H3,(H,24,27)/t17?,21-/m1/s1. The number of imide groups is 1. The summed E-state index contributed by atoms with van der Waals surface area (Å²) in [5.41, 5.74) is 1.78. The van der Waals surface area contributed by atoms with Gasteiger partial charge in [-0.3, -0.25) is 4.79 Å². The number of carbonyl (C=O) groups is 2. The van der Waals surface area contributed by atoms with Crippen molar-refractivity contribution in [1.29, 1.82) is 0 Å². The molecule has 3 heterocycles. The highest BCUT2D eigenvalue weighted by Crippen LogP contribution is 2.48. The van der Waals surface area contributed by atoms with Gasteiger partial charge in [-0.1, -0.05) is 13.0 Å². The Balaban J connectivity index is 1.34. The van der Waals surface area contributed by atoms with Crippen LogP contribution in [0.3, 0.4) is 0 Å². The minimum absolute atomic E-state index is 0.154. The molecule has 1 aliphatic carbocycles. The minimum atomic E-state index is -0.906. The first kappa shape index (κ1) is 18.1. The van der Waals surface area contributed by atoms with Crippen LogP contribution in [0.4, 0.5) is 10.5 Å². The van der Waals surface area contributed by atoms with E-state index in [4.69, 9.17) is 9.47 Å². The Morgan fingerprint density at radius 2 is 2.03 bits per heavy atom. The number of ether oxygens (including phenoxy) is 2. The van der Waals surface area contributed by atoms with Crippen LogP contribution < -0.4 is 15.0 Å². The van der Waals surface area contributed by atoms with Crippen LogP contribution in [0.1, 0.15) is 50.3 Å². The van der Waals surface area contributed by atoms with Gasteiger partial charge in [0.2, 0.25) is 0 Å². The molecule has 29 heavy (non-hydrogen) atoms. The van der Waals surface area contributed by atoms with E-state index in [9.17, 15) is 9.59 Å². The average molecular weight is 394 g/mol. The van der Waals surface area contributed by atoms with E-state index in [0.29, 0.717) is 30.4 Å². The average Bonchev–Trinajstić information content (AvgIpc) is 3.43. The van der Waals surface area contributed by atoms with Crippen molar-refractivity contribution in [3.63, 3.8) is 0 Å². The Morgan fingerprint density at radius 3 is 2.69 bits per heavy atom.